The van der Waals surface area contributed by atoms with Gasteiger partial charge in [-0.15, -0.1) is 0 Å². The number of esters is 1. The molecule has 26 heavy (non-hydrogen) atoms. The Balaban J connectivity index is 2.35. The summed E-state index contributed by atoms with van der Waals surface area (Å²) >= 11 is 0. The number of hydrogen-bond acceptors (Lipinski definition) is 7. The lowest BCUT2D eigenvalue weighted by Crippen LogP contribution is -2.11. The lowest BCUT2D eigenvalue weighted by molar-refractivity contribution is -0.129. The molecule has 1 aromatic carbocycles. The van der Waals surface area contributed by atoms with Crippen LogP contribution in [0.5, 0.6) is 23.3 Å². The van der Waals surface area contributed by atoms with E-state index in [0.717, 1.165) is 11.6 Å². The van der Waals surface area contributed by atoms with Gasteiger partial charge in [-0.3, -0.25) is 0 Å². The van der Waals surface area contributed by atoms with E-state index < -0.39 is 5.97 Å². The molecule has 0 aliphatic heterocycles. The molecule has 0 saturated carbocycles. The highest BCUT2D eigenvalue weighted by molar-refractivity contribution is 5.84. The van der Waals surface area contributed by atoms with Crippen LogP contribution >= 0.6 is 0 Å². The highest BCUT2D eigenvalue weighted by Crippen LogP contribution is 2.37. The summed E-state index contributed by atoms with van der Waals surface area (Å²) in [6, 6.07) is 7.61. The third kappa shape index (κ3) is 4.95. The van der Waals surface area contributed by atoms with E-state index in [4.69, 9.17) is 18.9 Å². The molecule has 138 valence electrons. The van der Waals surface area contributed by atoms with Crippen molar-refractivity contribution >= 4 is 5.97 Å². The van der Waals surface area contributed by atoms with Crippen LogP contribution in [0.25, 0.3) is 0 Å². The lowest BCUT2D eigenvalue weighted by Gasteiger charge is -2.19. The van der Waals surface area contributed by atoms with Crippen molar-refractivity contribution in [1.29, 1.82) is 0 Å². The van der Waals surface area contributed by atoms with E-state index in [9.17, 15) is 4.79 Å². The molecular formula is C19H22N2O5. The van der Waals surface area contributed by atoms with Crippen molar-refractivity contribution in [3.05, 3.63) is 48.5 Å². The number of ether oxygens (including phenoxy) is 4. The van der Waals surface area contributed by atoms with Gasteiger partial charge in [0, 0.05) is 0 Å². The standard InChI is InChI=1S/C19H22N2O5/c1-19(2,3)13-7-6-8-14(11-13)25-18-16(17(24-5)20-12-21-18)26-15(22)9-10-23-4/h6-12H,1-5H3. The molecule has 2 rings (SSSR count). The molecular weight excluding hydrogens is 336 g/mol. The second-order valence-electron chi connectivity index (χ2n) is 6.36. The molecule has 2 aromatic rings. The monoisotopic (exact) mass is 358 g/mol. The summed E-state index contributed by atoms with van der Waals surface area (Å²) in [7, 11) is 2.83. The predicted molar refractivity (Wildman–Crippen MR) is 95.6 cm³/mol. The van der Waals surface area contributed by atoms with Crippen molar-refractivity contribution in [3.63, 3.8) is 0 Å². The van der Waals surface area contributed by atoms with Gasteiger partial charge < -0.3 is 18.9 Å². The first-order chi connectivity index (χ1) is 12.3. The quantitative estimate of drug-likeness (QED) is 0.443. The summed E-state index contributed by atoms with van der Waals surface area (Å²) in [5.41, 5.74) is 1.06. The average molecular weight is 358 g/mol. The first kappa shape index (κ1) is 19.2. The normalized spacial score (nSPS) is 11.3. The van der Waals surface area contributed by atoms with Crippen molar-refractivity contribution < 1.29 is 23.7 Å². The maximum atomic E-state index is 11.9. The molecule has 7 heteroatoms. The summed E-state index contributed by atoms with van der Waals surface area (Å²) in [6.07, 6.45) is 3.59. The van der Waals surface area contributed by atoms with E-state index >= 15 is 0 Å². The number of benzene rings is 1. The Labute approximate surface area is 152 Å². The van der Waals surface area contributed by atoms with Gasteiger partial charge >= 0.3 is 5.97 Å². The van der Waals surface area contributed by atoms with E-state index in [0.29, 0.717) is 5.75 Å². The van der Waals surface area contributed by atoms with Crippen LogP contribution in [-0.2, 0) is 14.9 Å². The summed E-state index contributed by atoms with van der Waals surface area (Å²) in [4.78, 5) is 19.9. The number of nitrogens with zero attached hydrogens (tertiary/aromatic N) is 2. The topological polar surface area (TPSA) is 79.8 Å². The first-order valence-corrected chi connectivity index (χ1v) is 7.93. The minimum absolute atomic E-state index is 0.0121. The average Bonchev–Trinajstić information content (AvgIpc) is 2.61. The third-order valence-electron chi connectivity index (χ3n) is 3.39. The van der Waals surface area contributed by atoms with E-state index in [1.165, 1.54) is 26.8 Å². The van der Waals surface area contributed by atoms with Gasteiger partial charge in [0.05, 0.1) is 26.6 Å². The van der Waals surface area contributed by atoms with Gasteiger partial charge in [-0.25, -0.2) is 4.79 Å². The van der Waals surface area contributed by atoms with Gasteiger partial charge in [0.15, 0.2) is 0 Å². The van der Waals surface area contributed by atoms with Gasteiger partial charge in [0.1, 0.15) is 12.1 Å². The fourth-order valence-corrected chi connectivity index (χ4v) is 2.04. The third-order valence-corrected chi connectivity index (χ3v) is 3.39. The van der Waals surface area contributed by atoms with Crippen LogP contribution in [0, 0.1) is 0 Å². The van der Waals surface area contributed by atoms with Crippen molar-refractivity contribution in [2.45, 2.75) is 26.2 Å². The van der Waals surface area contributed by atoms with Gasteiger partial charge in [0.2, 0.25) is 0 Å². The summed E-state index contributed by atoms with van der Waals surface area (Å²) in [5.74, 6) is 0.0290. The Kier molecular flexibility index (Phi) is 6.16. The van der Waals surface area contributed by atoms with Crippen LogP contribution in [0.1, 0.15) is 26.3 Å². The maximum Gasteiger partial charge on any atom is 0.339 e. The van der Waals surface area contributed by atoms with E-state index in [1.807, 2.05) is 18.2 Å². The highest BCUT2D eigenvalue weighted by Gasteiger charge is 2.20. The minimum atomic E-state index is -0.673. The molecule has 0 spiro atoms. The fraction of sp³-hybridized carbons (Fsp3) is 0.316. The Morgan fingerprint density at radius 1 is 1.12 bits per heavy atom. The van der Waals surface area contributed by atoms with Gasteiger partial charge in [-0.1, -0.05) is 32.9 Å². The number of carbonyl (C=O) groups is 1. The number of hydrogen-bond donors (Lipinski definition) is 0. The zero-order chi connectivity index (χ0) is 19.2. The van der Waals surface area contributed by atoms with Crippen LogP contribution in [0.4, 0.5) is 0 Å². The molecule has 1 heterocycles. The largest absolute Gasteiger partial charge is 0.504 e. The number of aromatic nitrogens is 2. The van der Waals surface area contributed by atoms with Gasteiger partial charge in [0.25, 0.3) is 17.5 Å². The van der Waals surface area contributed by atoms with E-state index in [2.05, 4.69) is 30.7 Å². The first-order valence-electron chi connectivity index (χ1n) is 7.93. The fourth-order valence-electron chi connectivity index (χ4n) is 2.04. The molecule has 0 aliphatic rings. The number of methoxy groups -OCH3 is 2. The number of rotatable bonds is 6. The highest BCUT2D eigenvalue weighted by atomic mass is 16.6. The summed E-state index contributed by atoms with van der Waals surface area (Å²) in [6.45, 7) is 6.32. The van der Waals surface area contributed by atoms with Crippen molar-refractivity contribution in [3.8, 4) is 23.3 Å². The molecule has 0 aliphatic carbocycles. The Morgan fingerprint density at radius 3 is 2.50 bits per heavy atom. The molecule has 0 fully saturated rings. The van der Waals surface area contributed by atoms with E-state index in [1.54, 1.807) is 6.07 Å². The lowest BCUT2D eigenvalue weighted by atomic mass is 9.87. The van der Waals surface area contributed by atoms with Crippen molar-refractivity contribution in [2.24, 2.45) is 0 Å². The van der Waals surface area contributed by atoms with Gasteiger partial charge in [-0.2, -0.15) is 9.97 Å². The molecule has 1 aromatic heterocycles. The van der Waals surface area contributed by atoms with Crippen LogP contribution in [0.2, 0.25) is 0 Å². The summed E-state index contributed by atoms with van der Waals surface area (Å²) in [5, 5.41) is 0. The molecule has 0 amide bonds. The second kappa shape index (κ2) is 8.33. The smallest absolute Gasteiger partial charge is 0.339 e. The van der Waals surface area contributed by atoms with Crippen LogP contribution in [0.15, 0.2) is 42.9 Å². The zero-order valence-corrected chi connectivity index (χ0v) is 15.5. The van der Waals surface area contributed by atoms with Crippen molar-refractivity contribution in [2.75, 3.05) is 14.2 Å². The minimum Gasteiger partial charge on any atom is -0.504 e. The molecule has 0 N–H and O–H groups in total. The molecule has 0 atom stereocenters. The van der Waals surface area contributed by atoms with E-state index in [-0.39, 0.29) is 22.9 Å². The van der Waals surface area contributed by atoms with Crippen LogP contribution < -0.4 is 14.2 Å². The maximum absolute atomic E-state index is 11.9. The zero-order valence-electron chi connectivity index (χ0n) is 15.5. The van der Waals surface area contributed by atoms with Crippen LogP contribution in [0.3, 0.4) is 0 Å². The molecule has 7 nitrogen and oxygen atoms in total. The number of carbonyl (C=O) groups excluding carboxylic acids is 1. The molecule has 0 bridgehead atoms. The predicted octanol–water partition coefficient (Wildman–Crippen LogP) is 3.64. The second-order valence-corrected chi connectivity index (χ2v) is 6.36. The SMILES string of the molecule is COC=CC(=O)Oc1c(OC)ncnc1Oc1cccc(C(C)(C)C)c1. The molecule has 0 saturated heterocycles. The van der Waals surface area contributed by atoms with Crippen LogP contribution in [-0.4, -0.2) is 30.2 Å². The Hall–Kier alpha value is -3.09. The molecule has 0 unspecified atom stereocenters. The molecule has 0 radical (unpaired) electrons. The van der Waals surface area contributed by atoms with Crippen molar-refractivity contribution in [1.82, 2.24) is 9.97 Å². The van der Waals surface area contributed by atoms with Gasteiger partial charge in [-0.05, 0) is 23.1 Å². The Bertz CT molecular complexity index is 797. The Morgan fingerprint density at radius 2 is 1.85 bits per heavy atom. The summed E-state index contributed by atoms with van der Waals surface area (Å²) < 4.78 is 20.9.